The van der Waals surface area contributed by atoms with Gasteiger partial charge in [-0.3, -0.25) is 9.59 Å². The van der Waals surface area contributed by atoms with Gasteiger partial charge in [-0.05, 0) is 30.0 Å². The smallest absolute Gasteiger partial charge is 0.251 e. The second-order valence-electron chi connectivity index (χ2n) is 6.88. The monoisotopic (exact) mass is 358 g/mol. The summed E-state index contributed by atoms with van der Waals surface area (Å²) in [4.78, 5) is 23.7. The zero-order valence-corrected chi connectivity index (χ0v) is 14.5. The van der Waals surface area contributed by atoms with Crippen molar-refractivity contribution in [3.63, 3.8) is 0 Å². The number of amides is 2. The van der Waals surface area contributed by atoms with Gasteiger partial charge in [0.15, 0.2) is 11.6 Å². The first-order valence-corrected chi connectivity index (χ1v) is 7.86. The Hall–Kier alpha value is -2.06. The van der Waals surface area contributed by atoms with Gasteiger partial charge in [-0.2, -0.15) is 0 Å². The van der Waals surface area contributed by atoms with Crippen LogP contribution in [0.4, 0.5) is 8.78 Å². The van der Waals surface area contributed by atoms with Crippen LogP contribution >= 0.6 is 0 Å². The summed E-state index contributed by atoms with van der Waals surface area (Å²) in [5.74, 6) is -3.54. The van der Waals surface area contributed by atoms with Crippen LogP contribution in [0.15, 0.2) is 18.2 Å². The summed E-state index contributed by atoms with van der Waals surface area (Å²) in [6.45, 7) is 4.72. The zero-order valence-electron chi connectivity index (χ0n) is 14.5. The van der Waals surface area contributed by atoms with Crippen molar-refractivity contribution in [1.82, 2.24) is 10.6 Å². The fourth-order valence-electron chi connectivity index (χ4n) is 1.98. The Balaban J connectivity index is 2.52. The van der Waals surface area contributed by atoms with Crippen molar-refractivity contribution in [2.45, 2.75) is 39.3 Å². The van der Waals surface area contributed by atoms with E-state index >= 15 is 0 Å². The third kappa shape index (κ3) is 6.75. The summed E-state index contributed by atoms with van der Waals surface area (Å²) in [5, 5.41) is 24.1. The first kappa shape index (κ1) is 21.0. The van der Waals surface area contributed by atoms with Crippen LogP contribution in [0.1, 0.15) is 37.6 Å². The fraction of sp³-hybridized carbons (Fsp3) is 0.529. The molecule has 1 aromatic carbocycles. The quantitative estimate of drug-likeness (QED) is 0.584. The van der Waals surface area contributed by atoms with Gasteiger partial charge in [0, 0.05) is 5.56 Å². The van der Waals surface area contributed by atoms with E-state index in [1.54, 1.807) is 0 Å². The van der Waals surface area contributed by atoms with Gasteiger partial charge in [0.05, 0.1) is 25.3 Å². The summed E-state index contributed by atoms with van der Waals surface area (Å²) in [6.07, 6.45) is -0.579. The highest BCUT2D eigenvalue weighted by Crippen LogP contribution is 2.22. The number of benzene rings is 1. The molecule has 2 atom stereocenters. The molecule has 2 unspecified atom stereocenters. The Bertz CT molecular complexity index is 617. The van der Waals surface area contributed by atoms with E-state index in [0.29, 0.717) is 0 Å². The molecule has 0 aromatic heterocycles. The molecule has 8 heteroatoms. The van der Waals surface area contributed by atoms with Crippen molar-refractivity contribution in [3.05, 3.63) is 35.4 Å². The molecule has 0 saturated carbocycles. The maximum absolute atomic E-state index is 13.1. The molecule has 25 heavy (non-hydrogen) atoms. The standard InChI is InChI=1S/C17H24F2N2O4/c1-17(2,3)14(23)7-11(9-22)21-15(24)8-20-16(25)10-4-5-12(18)13(19)6-10/h4-6,11,14,22-23H,7-9H2,1-3H3,(H,20,25)(H,21,24). The van der Waals surface area contributed by atoms with Gasteiger partial charge >= 0.3 is 0 Å². The third-order valence-electron chi connectivity index (χ3n) is 3.68. The molecule has 0 aliphatic rings. The lowest BCUT2D eigenvalue weighted by atomic mass is 9.85. The summed E-state index contributed by atoms with van der Waals surface area (Å²) in [7, 11) is 0. The van der Waals surface area contributed by atoms with Crippen LogP contribution in [0.2, 0.25) is 0 Å². The summed E-state index contributed by atoms with van der Waals surface area (Å²) in [6, 6.07) is 1.99. The number of hydrogen-bond acceptors (Lipinski definition) is 4. The van der Waals surface area contributed by atoms with Gasteiger partial charge in [0.25, 0.3) is 5.91 Å². The molecule has 0 heterocycles. The predicted molar refractivity (Wildman–Crippen MR) is 87.8 cm³/mol. The average Bonchev–Trinajstić information content (AvgIpc) is 2.53. The molecule has 2 amide bonds. The molecule has 0 bridgehead atoms. The first-order chi connectivity index (χ1) is 11.5. The minimum Gasteiger partial charge on any atom is -0.394 e. The van der Waals surface area contributed by atoms with Crippen LogP contribution in [0.3, 0.4) is 0 Å². The second kappa shape index (κ2) is 8.87. The van der Waals surface area contributed by atoms with Crippen molar-refractivity contribution < 1.29 is 28.6 Å². The maximum Gasteiger partial charge on any atom is 0.251 e. The van der Waals surface area contributed by atoms with E-state index in [1.807, 2.05) is 20.8 Å². The second-order valence-corrected chi connectivity index (χ2v) is 6.88. The number of hydrogen-bond donors (Lipinski definition) is 4. The summed E-state index contributed by atoms with van der Waals surface area (Å²) >= 11 is 0. The molecule has 0 aliphatic carbocycles. The molecular weight excluding hydrogens is 334 g/mol. The van der Waals surface area contributed by atoms with Gasteiger partial charge < -0.3 is 20.8 Å². The summed E-state index contributed by atoms with van der Waals surface area (Å²) < 4.78 is 25.9. The molecule has 0 radical (unpaired) electrons. The lowest BCUT2D eigenvalue weighted by Gasteiger charge is -2.29. The van der Waals surface area contributed by atoms with E-state index in [9.17, 15) is 28.6 Å². The van der Waals surface area contributed by atoms with Crippen molar-refractivity contribution in [3.8, 4) is 0 Å². The molecule has 0 spiro atoms. The molecule has 6 nitrogen and oxygen atoms in total. The SMILES string of the molecule is CC(C)(C)C(O)CC(CO)NC(=O)CNC(=O)c1ccc(F)c(F)c1. The largest absolute Gasteiger partial charge is 0.394 e. The van der Waals surface area contributed by atoms with Crippen molar-refractivity contribution in [2.75, 3.05) is 13.2 Å². The van der Waals surface area contributed by atoms with E-state index in [2.05, 4.69) is 10.6 Å². The minimum absolute atomic E-state index is 0.117. The molecule has 0 fully saturated rings. The molecule has 0 saturated heterocycles. The Morgan fingerprint density at radius 2 is 1.84 bits per heavy atom. The van der Waals surface area contributed by atoms with E-state index in [0.717, 1.165) is 18.2 Å². The molecule has 4 N–H and O–H groups in total. The van der Waals surface area contributed by atoms with Crippen LogP contribution in [0.5, 0.6) is 0 Å². The molecule has 1 aromatic rings. The number of rotatable bonds is 7. The fourth-order valence-corrected chi connectivity index (χ4v) is 1.98. The van der Waals surface area contributed by atoms with Gasteiger partial charge in [0.2, 0.25) is 5.91 Å². The predicted octanol–water partition coefficient (Wildman–Crippen LogP) is 0.969. The normalized spacial score (nSPS) is 13.9. The number of nitrogens with one attached hydrogen (secondary N) is 2. The number of aliphatic hydroxyl groups excluding tert-OH is 2. The molecule has 0 aliphatic heterocycles. The van der Waals surface area contributed by atoms with Crippen molar-refractivity contribution >= 4 is 11.8 Å². The highest BCUT2D eigenvalue weighted by molar-refractivity contribution is 5.96. The first-order valence-electron chi connectivity index (χ1n) is 7.86. The minimum atomic E-state index is -1.16. The number of carbonyl (C=O) groups excluding carboxylic acids is 2. The van der Waals surface area contributed by atoms with Crippen LogP contribution < -0.4 is 10.6 Å². The number of aliphatic hydroxyl groups is 2. The molecular formula is C17H24F2N2O4. The maximum atomic E-state index is 13.1. The Kier molecular flexibility index (Phi) is 7.44. The Morgan fingerprint density at radius 1 is 1.20 bits per heavy atom. The lowest BCUT2D eigenvalue weighted by Crippen LogP contribution is -2.46. The van der Waals surface area contributed by atoms with E-state index < -0.39 is 47.6 Å². The average molecular weight is 358 g/mol. The number of carbonyl (C=O) groups is 2. The topological polar surface area (TPSA) is 98.7 Å². The van der Waals surface area contributed by atoms with Crippen LogP contribution in [-0.2, 0) is 4.79 Å². The zero-order chi connectivity index (χ0) is 19.2. The van der Waals surface area contributed by atoms with Crippen LogP contribution in [-0.4, -0.2) is 47.3 Å². The van der Waals surface area contributed by atoms with Crippen molar-refractivity contribution in [1.29, 1.82) is 0 Å². The van der Waals surface area contributed by atoms with Crippen molar-refractivity contribution in [2.24, 2.45) is 5.41 Å². The van der Waals surface area contributed by atoms with Gasteiger partial charge in [0.1, 0.15) is 0 Å². The van der Waals surface area contributed by atoms with Gasteiger partial charge in [-0.25, -0.2) is 8.78 Å². The van der Waals surface area contributed by atoms with E-state index in [-0.39, 0.29) is 18.6 Å². The molecule has 1 rings (SSSR count). The van der Waals surface area contributed by atoms with E-state index in [1.165, 1.54) is 0 Å². The Morgan fingerprint density at radius 3 is 2.36 bits per heavy atom. The summed E-state index contributed by atoms with van der Waals surface area (Å²) in [5.41, 5.74) is -0.521. The van der Waals surface area contributed by atoms with E-state index in [4.69, 9.17) is 0 Å². The highest BCUT2D eigenvalue weighted by Gasteiger charge is 2.26. The lowest BCUT2D eigenvalue weighted by molar-refractivity contribution is -0.121. The van der Waals surface area contributed by atoms with Crippen LogP contribution in [0.25, 0.3) is 0 Å². The molecule has 140 valence electrons. The third-order valence-corrected chi connectivity index (χ3v) is 3.68. The van der Waals surface area contributed by atoms with Gasteiger partial charge in [-0.15, -0.1) is 0 Å². The highest BCUT2D eigenvalue weighted by atomic mass is 19.2. The van der Waals surface area contributed by atoms with Crippen LogP contribution in [0, 0.1) is 17.0 Å². The Labute approximate surface area is 145 Å². The number of halogens is 2. The van der Waals surface area contributed by atoms with Gasteiger partial charge in [-0.1, -0.05) is 20.8 Å².